The number of thiophene rings is 1. The van der Waals surface area contributed by atoms with Gasteiger partial charge in [-0.15, -0.1) is 16.4 Å². The molecule has 0 atom stereocenters. The Morgan fingerprint density at radius 2 is 1.88 bits per heavy atom. The molecule has 25 heavy (non-hydrogen) atoms. The lowest BCUT2D eigenvalue weighted by Gasteiger charge is -2.10. The van der Waals surface area contributed by atoms with Crippen LogP contribution in [0.25, 0.3) is 21.0 Å². The fourth-order valence-electron chi connectivity index (χ4n) is 3.00. The topological polar surface area (TPSA) is 62.0 Å². The van der Waals surface area contributed by atoms with Gasteiger partial charge in [-0.25, -0.2) is 4.98 Å². The summed E-state index contributed by atoms with van der Waals surface area (Å²) < 4.78 is 1.23. The van der Waals surface area contributed by atoms with Crippen molar-refractivity contribution >= 4 is 49.5 Å². The van der Waals surface area contributed by atoms with Crippen LogP contribution >= 0.6 is 11.3 Å². The van der Waals surface area contributed by atoms with E-state index in [-0.39, 0.29) is 0 Å². The van der Waals surface area contributed by atoms with Crippen molar-refractivity contribution in [1.29, 1.82) is 0 Å². The maximum Gasteiger partial charge on any atom is 0.139 e. The Hall–Kier alpha value is -3.12. The van der Waals surface area contributed by atoms with Crippen molar-refractivity contribution in [2.24, 2.45) is 15.4 Å². The van der Waals surface area contributed by atoms with Crippen LogP contribution < -0.4 is 5.32 Å². The third-order valence-corrected chi connectivity index (χ3v) is 5.16. The molecule has 0 saturated carbocycles. The molecule has 1 N–H and O–H groups in total. The molecule has 5 nitrogen and oxygen atoms in total. The van der Waals surface area contributed by atoms with Crippen LogP contribution in [0.3, 0.4) is 0 Å². The highest BCUT2D eigenvalue weighted by Gasteiger charge is 2.13. The van der Waals surface area contributed by atoms with Crippen LogP contribution in [0.4, 0.5) is 11.5 Å². The molecule has 0 spiro atoms. The van der Waals surface area contributed by atoms with Gasteiger partial charge < -0.3 is 5.32 Å². The number of nitrogens with zero attached hydrogens (tertiary/aromatic N) is 4. The summed E-state index contributed by atoms with van der Waals surface area (Å²) in [6.07, 6.45) is 0. The molecule has 0 amide bonds. The zero-order valence-electron chi connectivity index (χ0n) is 13.2. The van der Waals surface area contributed by atoms with Crippen LogP contribution in [-0.2, 0) is 0 Å². The molecular formula is C19H13N5S. The number of nitrogens with one attached hydrogen (secondary N) is 1. The first kappa shape index (κ1) is 14.2. The van der Waals surface area contributed by atoms with E-state index >= 15 is 0 Å². The number of benzene rings is 2. The van der Waals surface area contributed by atoms with Crippen molar-refractivity contribution in [2.45, 2.75) is 0 Å². The summed E-state index contributed by atoms with van der Waals surface area (Å²) in [5.74, 6) is 0.870. The van der Waals surface area contributed by atoms with E-state index in [1.165, 1.54) is 4.70 Å². The summed E-state index contributed by atoms with van der Waals surface area (Å²) in [6, 6.07) is 18.5. The van der Waals surface area contributed by atoms with Crippen LogP contribution in [0.1, 0.15) is 5.56 Å². The predicted molar refractivity (Wildman–Crippen MR) is 103 cm³/mol. The van der Waals surface area contributed by atoms with Crippen molar-refractivity contribution < 1.29 is 0 Å². The molecule has 2 aromatic carbocycles. The summed E-state index contributed by atoms with van der Waals surface area (Å²) in [7, 11) is 0. The van der Waals surface area contributed by atoms with E-state index in [9.17, 15) is 0 Å². The summed E-state index contributed by atoms with van der Waals surface area (Å²) in [5, 5.41) is 19.6. The molecule has 0 aliphatic carbocycles. The lowest BCUT2D eigenvalue weighted by Crippen LogP contribution is -2.02. The average molecular weight is 343 g/mol. The van der Waals surface area contributed by atoms with Gasteiger partial charge >= 0.3 is 0 Å². The Morgan fingerprint density at radius 1 is 0.960 bits per heavy atom. The average Bonchev–Trinajstić information content (AvgIpc) is 3.34. The second-order valence-corrected chi connectivity index (χ2v) is 6.70. The minimum Gasteiger partial charge on any atom is -0.340 e. The minimum absolute atomic E-state index is 0.530. The third kappa shape index (κ3) is 2.47. The lowest BCUT2D eigenvalue weighted by atomic mass is 10.1. The first-order chi connectivity index (χ1) is 12.4. The van der Waals surface area contributed by atoms with Gasteiger partial charge in [0.05, 0.1) is 11.2 Å². The molecule has 120 valence electrons. The number of fused-ring (bicyclic) bond motifs is 3. The summed E-state index contributed by atoms with van der Waals surface area (Å²) >= 11 is 1.73. The van der Waals surface area contributed by atoms with E-state index < -0.39 is 0 Å². The van der Waals surface area contributed by atoms with Crippen LogP contribution in [0, 0.1) is 0 Å². The Balaban J connectivity index is 1.68. The highest BCUT2D eigenvalue weighted by Crippen LogP contribution is 2.35. The minimum atomic E-state index is 0.530. The van der Waals surface area contributed by atoms with Crippen LogP contribution in [0.5, 0.6) is 0 Å². The fraction of sp³-hybridized carbons (Fsp3) is 0.0526. The number of para-hydroxylation sites is 1. The number of hydrogen-bond donors (Lipinski definition) is 1. The van der Waals surface area contributed by atoms with E-state index in [4.69, 9.17) is 4.98 Å². The molecule has 0 saturated heterocycles. The Bertz CT molecular complexity index is 1140. The zero-order valence-corrected chi connectivity index (χ0v) is 14.0. The molecule has 0 unspecified atom stereocenters. The van der Waals surface area contributed by atoms with Crippen molar-refractivity contribution in [1.82, 2.24) is 4.98 Å². The number of aromatic nitrogens is 1. The largest absolute Gasteiger partial charge is 0.340 e. The van der Waals surface area contributed by atoms with Gasteiger partial charge in [0.2, 0.25) is 0 Å². The Kier molecular flexibility index (Phi) is 3.28. The molecule has 3 heterocycles. The maximum absolute atomic E-state index is 4.88. The molecule has 2 aromatic heterocycles. The Labute approximate surface area is 147 Å². The normalized spacial score (nSPS) is 13.5. The molecule has 1 aliphatic rings. The van der Waals surface area contributed by atoms with Crippen LogP contribution in [0.2, 0.25) is 0 Å². The molecule has 6 heteroatoms. The lowest BCUT2D eigenvalue weighted by molar-refractivity contribution is 1.06. The standard InChI is InChI=1S/C19H13N5S/c1-2-4-13(5-3-1)21-19-15-8-9-25-18(15)14-7-6-12(10-16(14)22-19)17-11-20-24-23-17/h1-10H,11H2,(H,21,22). The van der Waals surface area contributed by atoms with Crippen molar-refractivity contribution in [2.75, 3.05) is 11.9 Å². The van der Waals surface area contributed by atoms with E-state index in [2.05, 4.69) is 50.4 Å². The predicted octanol–water partition coefficient (Wildman–Crippen LogP) is 5.36. The third-order valence-electron chi connectivity index (χ3n) is 4.21. The quantitative estimate of drug-likeness (QED) is 0.544. The molecule has 4 aromatic rings. The number of anilines is 2. The van der Waals surface area contributed by atoms with Gasteiger partial charge in [0.15, 0.2) is 0 Å². The van der Waals surface area contributed by atoms with Gasteiger partial charge in [-0.05, 0) is 34.9 Å². The van der Waals surface area contributed by atoms with Gasteiger partial charge in [-0.1, -0.05) is 30.3 Å². The highest BCUT2D eigenvalue weighted by atomic mass is 32.1. The number of hydrogen-bond acceptors (Lipinski definition) is 6. The Morgan fingerprint density at radius 3 is 2.72 bits per heavy atom. The second kappa shape index (κ2) is 5.75. The second-order valence-electron chi connectivity index (χ2n) is 5.78. The number of pyridine rings is 1. The molecular weight excluding hydrogens is 330 g/mol. The highest BCUT2D eigenvalue weighted by molar-refractivity contribution is 7.18. The van der Waals surface area contributed by atoms with Crippen LogP contribution in [-0.4, -0.2) is 17.2 Å². The van der Waals surface area contributed by atoms with Gasteiger partial charge in [0.25, 0.3) is 0 Å². The fourth-order valence-corrected chi connectivity index (χ4v) is 3.93. The van der Waals surface area contributed by atoms with Gasteiger partial charge in [0, 0.05) is 26.7 Å². The van der Waals surface area contributed by atoms with Crippen molar-refractivity contribution in [3.8, 4) is 0 Å². The molecule has 0 fully saturated rings. The van der Waals surface area contributed by atoms with E-state index in [0.717, 1.165) is 39.1 Å². The molecule has 5 rings (SSSR count). The smallest absolute Gasteiger partial charge is 0.139 e. The summed E-state index contributed by atoms with van der Waals surface area (Å²) in [4.78, 5) is 4.88. The SMILES string of the molecule is c1ccc(Nc2nc3cc(C4=NN=NC4)ccc3c3sccc23)cc1. The van der Waals surface area contributed by atoms with Gasteiger partial charge in [-0.3, -0.25) is 0 Å². The monoisotopic (exact) mass is 343 g/mol. The molecule has 1 aliphatic heterocycles. The summed E-state index contributed by atoms with van der Waals surface area (Å²) in [5.41, 5.74) is 3.87. The van der Waals surface area contributed by atoms with Crippen molar-refractivity contribution in [3.05, 3.63) is 65.5 Å². The number of rotatable bonds is 3. The zero-order chi connectivity index (χ0) is 16.6. The van der Waals surface area contributed by atoms with Gasteiger partial charge in [-0.2, -0.15) is 5.11 Å². The van der Waals surface area contributed by atoms with Crippen molar-refractivity contribution in [3.63, 3.8) is 0 Å². The molecule has 0 radical (unpaired) electrons. The molecule has 0 bridgehead atoms. The van der Waals surface area contributed by atoms with E-state index in [1.807, 2.05) is 30.3 Å². The summed E-state index contributed by atoms with van der Waals surface area (Å²) in [6.45, 7) is 0.530. The maximum atomic E-state index is 4.88. The van der Waals surface area contributed by atoms with Gasteiger partial charge in [0.1, 0.15) is 12.4 Å². The van der Waals surface area contributed by atoms with E-state index in [0.29, 0.717) is 6.54 Å². The first-order valence-corrected chi connectivity index (χ1v) is 8.83. The first-order valence-electron chi connectivity index (χ1n) is 7.95. The van der Waals surface area contributed by atoms with E-state index in [1.54, 1.807) is 11.3 Å². The van der Waals surface area contributed by atoms with Crippen LogP contribution in [0.15, 0.2) is 75.4 Å².